The van der Waals surface area contributed by atoms with E-state index in [4.69, 9.17) is 5.73 Å². The van der Waals surface area contributed by atoms with E-state index in [1.165, 1.54) is 5.56 Å². The van der Waals surface area contributed by atoms with Gasteiger partial charge in [0.15, 0.2) is 0 Å². The van der Waals surface area contributed by atoms with Crippen LogP contribution in [0.1, 0.15) is 19.4 Å². The zero-order valence-electron chi connectivity index (χ0n) is 7.52. The Kier molecular flexibility index (Phi) is 1.34. The number of nitrogen functional groups attached to an aromatic ring is 1. The molecule has 0 spiro atoms. The van der Waals surface area contributed by atoms with Crippen LogP contribution in [0.5, 0.6) is 0 Å². The maximum atomic E-state index is 5.83. The lowest BCUT2D eigenvalue weighted by molar-refractivity contribution is 0.586. The van der Waals surface area contributed by atoms with Gasteiger partial charge in [0.1, 0.15) is 0 Å². The maximum absolute atomic E-state index is 5.83. The number of para-hydroxylation sites is 1. The van der Waals surface area contributed by atoms with E-state index in [9.17, 15) is 0 Å². The minimum absolute atomic E-state index is 0.227. The second-order valence-electron chi connectivity index (χ2n) is 4.01. The quantitative estimate of drug-likeness (QED) is 0.572. The average Bonchev–Trinajstić information content (AvgIpc) is 2.30. The molecule has 0 unspecified atom stereocenters. The van der Waals surface area contributed by atoms with E-state index in [2.05, 4.69) is 25.2 Å². The van der Waals surface area contributed by atoms with Crippen LogP contribution in [0.3, 0.4) is 0 Å². The summed E-state index contributed by atoms with van der Waals surface area (Å²) in [4.78, 5) is 0. The van der Waals surface area contributed by atoms with E-state index in [0.717, 1.165) is 17.9 Å². The number of hydrogen-bond donors (Lipinski definition) is 2. The number of nitrogens with two attached hydrogens (primary N) is 1. The van der Waals surface area contributed by atoms with Gasteiger partial charge in [-0.2, -0.15) is 0 Å². The summed E-state index contributed by atoms with van der Waals surface area (Å²) >= 11 is 0. The lowest BCUT2D eigenvalue weighted by atomic mass is 9.87. The molecule has 1 heterocycles. The summed E-state index contributed by atoms with van der Waals surface area (Å²) in [5, 5.41) is 3.33. The molecule has 12 heavy (non-hydrogen) atoms. The van der Waals surface area contributed by atoms with Crippen molar-refractivity contribution < 1.29 is 0 Å². The van der Waals surface area contributed by atoms with Gasteiger partial charge >= 0.3 is 0 Å². The van der Waals surface area contributed by atoms with Crippen molar-refractivity contribution in [1.82, 2.24) is 0 Å². The van der Waals surface area contributed by atoms with Crippen molar-refractivity contribution >= 4 is 11.4 Å². The molecule has 0 atom stereocenters. The molecular weight excluding hydrogens is 148 g/mol. The van der Waals surface area contributed by atoms with E-state index < -0.39 is 0 Å². The molecule has 1 aliphatic rings. The van der Waals surface area contributed by atoms with Crippen molar-refractivity contribution in [2.45, 2.75) is 19.3 Å². The molecule has 1 aliphatic heterocycles. The van der Waals surface area contributed by atoms with E-state index in [-0.39, 0.29) is 5.41 Å². The van der Waals surface area contributed by atoms with Crippen LogP contribution >= 0.6 is 0 Å². The van der Waals surface area contributed by atoms with Gasteiger partial charge in [0.25, 0.3) is 0 Å². The van der Waals surface area contributed by atoms with Gasteiger partial charge in [0.05, 0.1) is 11.4 Å². The van der Waals surface area contributed by atoms with Gasteiger partial charge in [-0.15, -0.1) is 0 Å². The Morgan fingerprint density at radius 3 is 2.83 bits per heavy atom. The molecule has 2 rings (SSSR count). The van der Waals surface area contributed by atoms with E-state index in [1.807, 2.05) is 12.1 Å². The normalized spacial score (nSPS) is 18.5. The van der Waals surface area contributed by atoms with Crippen LogP contribution in [-0.2, 0) is 5.41 Å². The monoisotopic (exact) mass is 162 g/mol. The van der Waals surface area contributed by atoms with Crippen molar-refractivity contribution in [3.05, 3.63) is 23.8 Å². The van der Waals surface area contributed by atoms with Crippen LogP contribution in [0.25, 0.3) is 0 Å². The number of anilines is 2. The minimum atomic E-state index is 0.227. The number of fused-ring (bicyclic) bond motifs is 1. The van der Waals surface area contributed by atoms with Crippen LogP contribution < -0.4 is 11.1 Å². The number of rotatable bonds is 0. The van der Waals surface area contributed by atoms with Crippen molar-refractivity contribution in [2.24, 2.45) is 0 Å². The highest BCUT2D eigenvalue weighted by atomic mass is 14.9. The Morgan fingerprint density at radius 1 is 1.42 bits per heavy atom. The van der Waals surface area contributed by atoms with Crippen LogP contribution in [0.4, 0.5) is 11.4 Å². The van der Waals surface area contributed by atoms with Gasteiger partial charge in [0.2, 0.25) is 0 Å². The molecule has 1 aromatic carbocycles. The Bertz CT molecular complexity index is 316. The first-order valence-electron chi connectivity index (χ1n) is 4.24. The molecule has 2 nitrogen and oxygen atoms in total. The number of benzene rings is 1. The van der Waals surface area contributed by atoms with Gasteiger partial charge in [-0.25, -0.2) is 0 Å². The highest BCUT2D eigenvalue weighted by Gasteiger charge is 2.30. The molecular formula is C10H14N2. The van der Waals surface area contributed by atoms with Crippen LogP contribution in [0.2, 0.25) is 0 Å². The van der Waals surface area contributed by atoms with Gasteiger partial charge < -0.3 is 11.1 Å². The summed E-state index contributed by atoms with van der Waals surface area (Å²) in [6.07, 6.45) is 0. The summed E-state index contributed by atoms with van der Waals surface area (Å²) in [5.74, 6) is 0. The molecule has 3 N–H and O–H groups in total. The fourth-order valence-electron chi connectivity index (χ4n) is 1.74. The largest absolute Gasteiger partial charge is 0.397 e. The van der Waals surface area contributed by atoms with Crippen LogP contribution in [-0.4, -0.2) is 6.54 Å². The average molecular weight is 162 g/mol. The minimum Gasteiger partial charge on any atom is -0.397 e. The van der Waals surface area contributed by atoms with Gasteiger partial charge in [-0.3, -0.25) is 0 Å². The molecule has 0 fully saturated rings. The zero-order chi connectivity index (χ0) is 8.77. The Balaban J connectivity index is 2.61. The maximum Gasteiger partial charge on any atom is 0.0612 e. The fourth-order valence-corrected chi connectivity index (χ4v) is 1.74. The molecule has 0 aromatic heterocycles. The summed E-state index contributed by atoms with van der Waals surface area (Å²) < 4.78 is 0. The standard InChI is InChI=1S/C10H14N2/c1-10(2)6-12-9-7(10)4-3-5-8(9)11/h3-5,12H,6,11H2,1-2H3. The first kappa shape index (κ1) is 7.47. The molecule has 0 saturated carbocycles. The molecule has 2 heteroatoms. The Morgan fingerprint density at radius 2 is 2.17 bits per heavy atom. The first-order chi connectivity index (χ1) is 5.61. The zero-order valence-corrected chi connectivity index (χ0v) is 7.52. The predicted molar refractivity (Wildman–Crippen MR) is 52.4 cm³/mol. The second kappa shape index (κ2) is 2.16. The van der Waals surface area contributed by atoms with Crippen molar-refractivity contribution in [3.63, 3.8) is 0 Å². The summed E-state index contributed by atoms with van der Waals surface area (Å²) in [6.45, 7) is 5.44. The third kappa shape index (κ3) is 0.876. The van der Waals surface area contributed by atoms with Crippen molar-refractivity contribution in [2.75, 3.05) is 17.6 Å². The predicted octanol–water partition coefficient (Wildman–Crippen LogP) is 1.97. The fraction of sp³-hybridized carbons (Fsp3) is 0.400. The van der Waals surface area contributed by atoms with Gasteiger partial charge in [-0.05, 0) is 11.6 Å². The third-order valence-corrected chi connectivity index (χ3v) is 2.53. The molecule has 0 bridgehead atoms. The topological polar surface area (TPSA) is 38.0 Å². The van der Waals surface area contributed by atoms with Crippen molar-refractivity contribution in [1.29, 1.82) is 0 Å². The van der Waals surface area contributed by atoms with E-state index in [1.54, 1.807) is 0 Å². The molecule has 1 aromatic rings. The molecule has 0 amide bonds. The summed E-state index contributed by atoms with van der Waals surface area (Å²) in [5.41, 5.74) is 9.38. The Labute approximate surface area is 72.8 Å². The molecule has 64 valence electrons. The summed E-state index contributed by atoms with van der Waals surface area (Å²) in [7, 11) is 0. The first-order valence-corrected chi connectivity index (χ1v) is 4.24. The smallest absolute Gasteiger partial charge is 0.0612 e. The SMILES string of the molecule is CC1(C)CNc2c(N)cccc21. The second-order valence-corrected chi connectivity index (χ2v) is 4.01. The number of hydrogen-bond acceptors (Lipinski definition) is 2. The van der Waals surface area contributed by atoms with Crippen LogP contribution in [0.15, 0.2) is 18.2 Å². The lowest BCUT2D eigenvalue weighted by Crippen LogP contribution is -2.18. The third-order valence-electron chi connectivity index (χ3n) is 2.53. The van der Waals surface area contributed by atoms with E-state index in [0.29, 0.717) is 0 Å². The van der Waals surface area contributed by atoms with Crippen LogP contribution in [0, 0.1) is 0 Å². The van der Waals surface area contributed by atoms with Gasteiger partial charge in [-0.1, -0.05) is 26.0 Å². The van der Waals surface area contributed by atoms with E-state index >= 15 is 0 Å². The number of nitrogens with one attached hydrogen (secondary N) is 1. The van der Waals surface area contributed by atoms with Crippen molar-refractivity contribution in [3.8, 4) is 0 Å². The molecule has 0 aliphatic carbocycles. The highest BCUT2D eigenvalue weighted by molar-refractivity contribution is 5.74. The van der Waals surface area contributed by atoms with Gasteiger partial charge in [0, 0.05) is 12.0 Å². The lowest BCUT2D eigenvalue weighted by Gasteiger charge is -2.16. The Hall–Kier alpha value is -1.18. The summed E-state index contributed by atoms with van der Waals surface area (Å²) in [6, 6.07) is 6.10. The molecule has 0 radical (unpaired) electrons. The molecule has 0 saturated heterocycles. The highest BCUT2D eigenvalue weighted by Crippen LogP contribution is 2.39.